The van der Waals surface area contributed by atoms with Crippen LogP contribution in [0.1, 0.15) is 24.8 Å². The normalized spacial score (nSPS) is 17.0. The lowest BCUT2D eigenvalue weighted by Crippen LogP contribution is -2.47. The molecular weight excluding hydrogens is 438 g/mol. The van der Waals surface area contributed by atoms with E-state index in [1.54, 1.807) is 25.2 Å². The van der Waals surface area contributed by atoms with E-state index < -0.39 is 14.9 Å². The molecule has 9 nitrogen and oxygen atoms in total. The molecule has 31 heavy (non-hydrogen) atoms. The van der Waals surface area contributed by atoms with Gasteiger partial charge in [0, 0.05) is 49.7 Å². The zero-order valence-electron chi connectivity index (χ0n) is 17.9. The van der Waals surface area contributed by atoms with Crippen LogP contribution in [-0.2, 0) is 10.0 Å². The summed E-state index contributed by atoms with van der Waals surface area (Å²) in [7, 11) is -1.71. The first kappa shape index (κ1) is 23.6. The number of anilines is 1. The van der Waals surface area contributed by atoms with E-state index in [-0.39, 0.29) is 22.7 Å². The summed E-state index contributed by atoms with van der Waals surface area (Å²) in [6.07, 6.45) is 0. The highest BCUT2D eigenvalue weighted by Crippen LogP contribution is 2.31. The maximum atomic E-state index is 12.4. The zero-order valence-corrected chi connectivity index (χ0v) is 19.6. The van der Waals surface area contributed by atoms with Gasteiger partial charge in [-0.05, 0) is 44.5 Å². The molecule has 2 N–H and O–H groups in total. The van der Waals surface area contributed by atoms with Gasteiger partial charge < -0.3 is 10.2 Å². The molecule has 0 saturated carbocycles. The van der Waals surface area contributed by atoms with E-state index in [0.717, 1.165) is 32.2 Å². The summed E-state index contributed by atoms with van der Waals surface area (Å²) in [5, 5.41) is 16.9. The zero-order chi connectivity index (χ0) is 22.6. The minimum Gasteiger partial charge on any atom is -0.378 e. The number of likely N-dealkylation sites (N-methyl/N-ethyl adjacent to an activating group) is 1. The third-order valence-corrected chi connectivity index (χ3v) is 7.83. The van der Waals surface area contributed by atoms with Gasteiger partial charge in [0.25, 0.3) is 5.69 Å². The Kier molecular flexibility index (Phi) is 7.65. The van der Waals surface area contributed by atoms with E-state index in [4.69, 9.17) is 0 Å². The topological polar surface area (TPSA) is 108 Å². The van der Waals surface area contributed by atoms with Gasteiger partial charge in [-0.25, -0.2) is 13.1 Å². The predicted octanol–water partition coefficient (Wildman–Crippen LogP) is 2.74. The molecule has 11 heteroatoms. The summed E-state index contributed by atoms with van der Waals surface area (Å²) in [4.78, 5) is 16.9. The fourth-order valence-corrected chi connectivity index (χ4v) is 5.72. The Morgan fingerprint density at radius 3 is 2.48 bits per heavy atom. The van der Waals surface area contributed by atoms with E-state index in [2.05, 4.69) is 33.0 Å². The third-order valence-electron chi connectivity index (χ3n) is 5.20. The van der Waals surface area contributed by atoms with Crippen molar-refractivity contribution in [2.45, 2.75) is 30.8 Å². The van der Waals surface area contributed by atoms with Crippen LogP contribution in [0.3, 0.4) is 0 Å². The van der Waals surface area contributed by atoms with Crippen molar-refractivity contribution in [1.29, 1.82) is 0 Å². The molecule has 1 aromatic heterocycles. The van der Waals surface area contributed by atoms with Crippen molar-refractivity contribution in [2.75, 3.05) is 45.1 Å². The van der Waals surface area contributed by atoms with E-state index in [1.165, 1.54) is 17.0 Å². The number of nitro benzene ring substituents is 1. The van der Waals surface area contributed by atoms with Gasteiger partial charge in [-0.2, -0.15) is 0 Å². The average Bonchev–Trinajstić information content (AvgIpc) is 3.23. The molecule has 0 spiro atoms. The number of hydrogen-bond acceptors (Lipinski definition) is 8. The van der Waals surface area contributed by atoms with Crippen molar-refractivity contribution in [1.82, 2.24) is 14.5 Å². The van der Waals surface area contributed by atoms with Crippen molar-refractivity contribution in [3.05, 3.63) is 50.7 Å². The second-order valence-electron chi connectivity index (χ2n) is 7.96. The van der Waals surface area contributed by atoms with Crippen LogP contribution >= 0.6 is 11.3 Å². The molecular formula is C20H29N5O4S2. The first-order valence-corrected chi connectivity index (χ1v) is 12.5. The molecule has 1 aliphatic rings. The van der Waals surface area contributed by atoms with Crippen molar-refractivity contribution in [2.24, 2.45) is 0 Å². The van der Waals surface area contributed by atoms with Crippen LogP contribution in [0.2, 0.25) is 0 Å². The van der Waals surface area contributed by atoms with Crippen LogP contribution in [0.4, 0.5) is 11.4 Å². The lowest BCUT2D eigenvalue weighted by Gasteiger charge is -2.37. The monoisotopic (exact) mass is 467 g/mol. The van der Waals surface area contributed by atoms with Gasteiger partial charge in [0.05, 0.1) is 15.9 Å². The summed E-state index contributed by atoms with van der Waals surface area (Å²) >= 11 is 1.67. The van der Waals surface area contributed by atoms with E-state index in [0.29, 0.717) is 12.2 Å². The highest BCUT2D eigenvalue weighted by molar-refractivity contribution is 7.89. The van der Waals surface area contributed by atoms with Gasteiger partial charge in [0.1, 0.15) is 5.69 Å². The number of thiophene rings is 1. The van der Waals surface area contributed by atoms with Crippen molar-refractivity contribution in [3.63, 3.8) is 0 Å². The van der Waals surface area contributed by atoms with Crippen LogP contribution in [-0.4, -0.2) is 69.0 Å². The fourth-order valence-electron chi connectivity index (χ4n) is 3.59. The van der Waals surface area contributed by atoms with Crippen molar-refractivity contribution >= 4 is 32.7 Å². The molecule has 1 unspecified atom stereocenters. The first-order valence-electron chi connectivity index (χ1n) is 10.2. The lowest BCUT2D eigenvalue weighted by molar-refractivity contribution is -0.384. The first-order chi connectivity index (χ1) is 14.7. The van der Waals surface area contributed by atoms with E-state index in [9.17, 15) is 18.5 Å². The second kappa shape index (κ2) is 10.0. The largest absolute Gasteiger partial charge is 0.378 e. The molecule has 0 radical (unpaired) electrons. The summed E-state index contributed by atoms with van der Waals surface area (Å²) < 4.78 is 27.3. The molecule has 2 heterocycles. The number of piperazine rings is 1. The maximum absolute atomic E-state index is 12.4. The van der Waals surface area contributed by atoms with Crippen LogP contribution in [0.25, 0.3) is 0 Å². The molecule has 1 aromatic carbocycles. The minimum absolute atomic E-state index is 0.0827. The number of benzene rings is 1. The van der Waals surface area contributed by atoms with Crippen molar-refractivity contribution in [3.8, 4) is 0 Å². The van der Waals surface area contributed by atoms with Gasteiger partial charge in [0.2, 0.25) is 10.0 Å². The minimum atomic E-state index is -3.81. The van der Waals surface area contributed by atoms with Gasteiger partial charge in [0.15, 0.2) is 0 Å². The van der Waals surface area contributed by atoms with Crippen LogP contribution in [0.5, 0.6) is 0 Å². The van der Waals surface area contributed by atoms with Gasteiger partial charge in [-0.1, -0.05) is 6.07 Å². The van der Waals surface area contributed by atoms with E-state index >= 15 is 0 Å². The fraction of sp³-hybridized carbons (Fsp3) is 0.500. The third kappa shape index (κ3) is 6.01. The quantitative estimate of drug-likeness (QED) is 0.431. The summed E-state index contributed by atoms with van der Waals surface area (Å²) in [6, 6.07) is 7.85. The molecule has 1 aliphatic heterocycles. The van der Waals surface area contributed by atoms with Crippen LogP contribution in [0.15, 0.2) is 40.6 Å². The summed E-state index contributed by atoms with van der Waals surface area (Å²) in [6.45, 7) is 7.66. The number of rotatable bonds is 9. The number of nitrogens with one attached hydrogen (secondary N) is 2. The Morgan fingerprint density at radius 2 is 1.90 bits per heavy atom. The highest BCUT2D eigenvalue weighted by atomic mass is 32.2. The van der Waals surface area contributed by atoms with Crippen LogP contribution < -0.4 is 10.0 Å². The predicted molar refractivity (Wildman–Crippen MR) is 123 cm³/mol. The Bertz CT molecular complexity index is 987. The molecule has 1 atom stereocenters. The maximum Gasteiger partial charge on any atom is 0.293 e. The Hall–Kier alpha value is -2.05. The Balaban J connectivity index is 1.82. The van der Waals surface area contributed by atoms with Gasteiger partial charge in [-0.15, -0.1) is 11.3 Å². The SMILES string of the molecule is CC(C)NS(=O)(=O)c1ccc(NCC(c2cccs2)N2CCN(C)CC2)c([N+](=O)[O-])c1. The van der Waals surface area contributed by atoms with Crippen molar-refractivity contribution < 1.29 is 13.3 Å². The number of hydrogen-bond donors (Lipinski definition) is 2. The molecule has 1 fully saturated rings. The molecule has 2 aromatic rings. The Morgan fingerprint density at radius 1 is 1.19 bits per heavy atom. The van der Waals surface area contributed by atoms with Gasteiger partial charge >= 0.3 is 0 Å². The Labute approximate surface area is 187 Å². The molecule has 170 valence electrons. The smallest absolute Gasteiger partial charge is 0.293 e. The average molecular weight is 468 g/mol. The number of sulfonamides is 1. The molecule has 1 saturated heterocycles. The van der Waals surface area contributed by atoms with Crippen LogP contribution in [0, 0.1) is 10.1 Å². The molecule has 0 bridgehead atoms. The second-order valence-corrected chi connectivity index (χ2v) is 10.7. The van der Waals surface area contributed by atoms with Gasteiger partial charge in [-0.3, -0.25) is 15.0 Å². The van der Waals surface area contributed by atoms with E-state index in [1.807, 2.05) is 11.4 Å². The highest BCUT2D eigenvalue weighted by Gasteiger charge is 2.26. The summed E-state index contributed by atoms with van der Waals surface area (Å²) in [5.74, 6) is 0. The number of nitro groups is 1. The molecule has 0 amide bonds. The lowest BCUT2D eigenvalue weighted by atomic mass is 10.1. The molecule has 0 aliphatic carbocycles. The molecule has 3 rings (SSSR count). The number of nitrogens with zero attached hydrogens (tertiary/aromatic N) is 3. The standard InChI is InChI=1S/C20H29N5O4S2/c1-15(2)22-31(28,29)16-6-7-17(18(13-16)25(26)27)21-14-19(20-5-4-12-30-20)24-10-8-23(3)9-11-24/h4-7,12-13,15,19,21-22H,8-11,14H2,1-3H3. The summed E-state index contributed by atoms with van der Waals surface area (Å²) in [5.41, 5.74) is 0.0547.